The summed E-state index contributed by atoms with van der Waals surface area (Å²) in [6.45, 7) is 4.52. The van der Waals surface area contributed by atoms with Gasteiger partial charge in [-0.05, 0) is 44.0 Å². The molecule has 2 rings (SSSR count). The Morgan fingerprint density at radius 2 is 2.19 bits per heavy atom. The molecule has 0 bridgehead atoms. The highest BCUT2D eigenvalue weighted by Crippen LogP contribution is 2.33. The van der Waals surface area contributed by atoms with Crippen LogP contribution < -0.4 is 10.1 Å². The van der Waals surface area contributed by atoms with Gasteiger partial charge in [-0.25, -0.2) is 0 Å². The number of methoxy groups -OCH3 is 1. The zero-order valence-electron chi connectivity index (χ0n) is 10.1. The topological polar surface area (TPSA) is 34.1 Å². The van der Waals surface area contributed by atoms with Crippen molar-refractivity contribution in [2.45, 2.75) is 25.7 Å². The third-order valence-corrected chi connectivity index (χ3v) is 3.54. The number of pyridine rings is 1. The minimum atomic E-state index is 0.484. The number of rotatable bonds is 3. The summed E-state index contributed by atoms with van der Waals surface area (Å²) in [4.78, 5) is 4.48. The molecule has 3 heteroatoms. The lowest BCUT2D eigenvalue weighted by atomic mass is 9.83. The average molecular weight is 220 g/mol. The Hall–Kier alpha value is -1.09. The van der Waals surface area contributed by atoms with Gasteiger partial charge in [-0.15, -0.1) is 0 Å². The largest absolute Gasteiger partial charge is 0.495 e. The van der Waals surface area contributed by atoms with Crippen molar-refractivity contribution in [1.29, 1.82) is 0 Å². The van der Waals surface area contributed by atoms with E-state index in [0.29, 0.717) is 5.92 Å². The Bertz CT molecular complexity index is 334. The van der Waals surface area contributed by atoms with E-state index in [4.69, 9.17) is 4.74 Å². The lowest BCUT2D eigenvalue weighted by Crippen LogP contribution is -2.30. The molecule has 1 unspecified atom stereocenters. The Morgan fingerprint density at radius 3 is 2.88 bits per heavy atom. The summed E-state index contributed by atoms with van der Waals surface area (Å²) < 4.78 is 5.38. The van der Waals surface area contributed by atoms with E-state index in [1.165, 1.54) is 12.8 Å². The van der Waals surface area contributed by atoms with Crippen LogP contribution in [0, 0.1) is 5.92 Å². The first-order chi connectivity index (χ1) is 7.83. The predicted molar refractivity (Wildman–Crippen MR) is 64.8 cm³/mol. The van der Waals surface area contributed by atoms with Crippen LogP contribution in [0.15, 0.2) is 18.3 Å². The number of hydrogen-bond donors (Lipinski definition) is 1. The minimum absolute atomic E-state index is 0.484. The first kappa shape index (κ1) is 11.4. The van der Waals surface area contributed by atoms with Crippen LogP contribution in [-0.4, -0.2) is 25.2 Å². The Kier molecular flexibility index (Phi) is 3.78. The first-order valence-electron chi connectivity index (χ1n) is 6.02. The highest BCUT2D eigenvalue weighted by Gasteiger charge is 2.24. The molecule has 0 spiro atoms. The maximum atomic E-state index is 5.38. The fourth-order valence-corrected chi connectivity index (χ4v) is 2.48. The van der Waals surface area contributed by atoms with Crippen molar-refractivity contribution in [2.24, 2.45) is 5.92 Å². The van der Waals surface area contributed by atoms with Crippen LogP contribution in [0.5, 0.6) is 5.75 Å². The second-order valence-corrected chi connectivity index (χ2v) is 4.47. The number of ether oxygens (including phenoxy) is 1. The first-order valence-corrected chi connectivity index (χ1v) is 6.02. The molecule has 0 radical (unpaired) electrons. The molecule has 16 heavy (non-hydrogen) atoms. The predicted octanol–water partition coefficient (Wildman–Crippen LogP) is 2.19. The van der Waals surface area contributed by atoms with E-state index in [9.17, 15) is 0 Å². The van der Waals surface area contributed by atoms with Crippen molar-refractivity contribution < 1.29 is 4.74 Å². The van der Waals surface area contributed by atoms with Crippen molar-refractivity contribution in [3.05, 3.63) is 24.0 Å². The fraction of sp³-hybridized carbons (Fsp3) is 0.615. The van der Waals surface area contributed by atoms with Crippen LogP contribution in [0.4, 0.5) is 0 Å². The summed E-state index contributed by atoms with van der Waals surface area (Å²) in [5, 5.41) is 3.40. The summed E-state index contributed by atoms with van der Waals surface area (Å²) in [6.07, 6.45) is 4.33. The number of piperidine rings is 1. The van der Waals surface area contributed by atoms with E-state index < -0.39 is 0 Å². The fourth-order valence-electron chi connectivity index (χ4n) is 2.48. The molecule has 88 valence electrons. The molecule has 1 N–H and O–H groups in total. The van der Waals surface area contributed by atoms with Crippen molar-refractivity contribution >= 4 is 0 Å². The monoisotopic (exact) mass is 220 g/mol. The average Bonchev–Trinajstić information content (AvgIpc) is 2.39. The highest BCUT2D eigenvalue weighted by molar-refractivity contribution is 5.30. The van der Waals surface area contributed by atoms with Crippen molar-refractivity contribution in [3.63, 3.8) is 0 Å². The smallest absolute Gasteiger partial charge is 0.140 e. The van der Waals surface area contributed by atoms with Gasteiger partial charge in [0, 0.05) is 12.1 Å². The maximum absolute atomic E-state index is 5.38. The van der Waals surface area contributed by atoms with Crippen LogP contribution in [-0.2, 0) is 0 Å². The van der Waals surface area contributed by atoms with Gasteiger partial charge in [0.25, 0.3) is 0 Å². The maximum Gasteiger partial charge on any atom is 0.140 e. The Morgan fingerprint density at radius 1 is 1.44 bits per heavy atom. The van der Waals surface area contributed by atoms with E-state index in [0.717, 1.165) is 30.5 Å². The molecule has 0 amide bonds. The zero-order chi connectivity index (χ0) is 11.4. The number of nitrogens with zero attached hydrogens (tertiary/aromatic N) is 1. The minimum Gasteiger partial charge on any atom is -0.495 e. The molecule has 0 aliphatic carbocycles. The van der Waals surface area contributed by atoms with Gasteiger partial charge in [-0.1, -0.05) is 6.92 Å². The third-order valence-electron chi connectivity index (χ3n) is 3.54. The molecule has 1 fully saturated rings. The molecule has 1 atom stereocenters. The molecule has 1 aromatic rings. The number of nitrogens with one attached hydrogen (secondary N) is 1. The summed E-state index contributed by atoms with van der Waals surface area (Å²) in [5.41, 5.74) is 1.11. The molecule has 0 saturated carbocycles. The normalized spacial score (nSPS) is 19.4. The van der Waals surface area contributed by atoms with E-state index >= 15 is 0 Å². The van der Waals surface area contributed by atoms with Crippen LogP contribution in [0.1, 0.15) is 31.4 Å². The van der Waals surface area contributed by atoms with E-state index in [1.807, 2.05) is 18.3 Å². The van der Waals surface area contributed by atoms with Gasteiger partial charge >= 0.3 is 0 Å². The molecule has 1 aliphatic rings. The molecule has 3 nitrogen and oxygen atoms in total. The summed E-state index contributed by atoms with van der Waals surface area (Å²) in [5.74, 6) is 2.14. The molecular weight excluding hydrogens is 200 g/mol. The molecule has 2 heterocycles. The van der Waals surface area contributed by atoms with Crippen molar-refractivity contribution in [2.75, 3.05) is 20.2 Å². The molecular formula is C13H20N2O. The highest BCUT2D eigenvalue weighted by atomic mass is 16.5. The third kappa shape index (κ3) is 2.35. The van der Waals surface area contributed by atoms with Gasteiger partial charge in [0.05, 0.1) is 12.8 Å². The van der Waals surface area contributed by atoms with E-state index in [1.54, 1.807) is 7.11 Å². The van der Waals surface area contributed by atoms with Crippen LogP contribution in [0.25, 0.3) is 0 Å². The van der Waals surface area contributed by atoms with Gasteiger partial charge < -0.3 is 10.1 Å². The van der Waals surface area contributed by atoms with E-state index in [-0.39, 0.29) is 0 Å². The zero-order valence-corrected chi connectivity index (χ0v) is 10.1. The summed E-state index contributed by atoms with van der Waals surface area (Å²) in [7, 11) is 1.72. The quantitative estimate of drug-likeness (QED) is 0.848. The van der Waals surface area contributed by atoms with Gasteiger partial charge in [0.1, 0.15) is 5.75 Å². The lowest BCUT2D eigenvalue weighted by Gasteiger charge is -2.28. The molecule has 1 aliphatic heterocycles. The van der Waals surface area contributed by atoms with Crippen molar-refractivity contribution in [3.8, 4) is 5.75 Å². The molecule has 1 saturated heterocycles. The molecule has 0 aromatic carbocycles. The van der Waals surface area contributed by atoms with Gasteiger partial charge in [0.15, 0.2) is 0 Å². The Labute approximate surface area is 97.2 Å². The van der Waals surface area contributed by atoms with E-state index in [2.05, 4.69) is 17.2 Å². The molecule has 1 aromatic heterocycles. The number of aromatic nitrogens is 1. The van der Waals surface area contributed by atoms with Crippen LogP contribution in [0.2, 0.25) is 0 Å². The van der Waals surface area contributed by atoms with Crippen LogP contribution >= 0.6 is 0 Å². The summed E-state index contributed by atoms with van der Waals surface area (Å²) >= 11 is 0. The number of hydrogen-bond acceptors (Lipinski definition) is 3. The van der Waals surface area contributed by atoms with Crippen molar-refractivity contribution in [1.82, 2.24) is 10.3 Å². The second-order valence-electron chi connectivity index (χ2n) is 4.47. The second kappa shape index (κ2) is 5.30. The van der Waals surface area contributed by atoms with Gasteiger partial charge in [-0.3, -0.25) is 4.98 Å². The van der Waals surface area contributed by atoms with Gasteiger partial charge in [0.2, 0.25) is 0 Å². The lowest BCUT2D eigenvalue weighted by molar-refractivity contribution is 0.317. The standard InChI is InChI=1S/C13H20N2O/c1-10(11-5-8-14-9-6-11)13-12(16-2)4-3-7-15-13/h3-4,7,10-11,14H,5-6,8-9H2,1-2H3. The Balaban J connectivity index is 2.15. The SMILES string of the molecule is COc1cccnc1C(C)C1CCNCC1. The van der Waals surface area contributed by atoms with Crippen LogP contribution in [0.3, 0.4) is 0 Å². The van der Waals surface area contributed by atoms with Gasteiger partial charge in [-0.2, -0.15) is 0 Å². The summed E-state index contributed by atoms with van der Waals surface area (Å²) in [6, 6.07) is 3.93.